The van der Waals surface area contributed by atoms with Gasteiger partial charge in [-0.05, 0) is 18.2 Å². The molecular weight excluding hydrogens is 256 g/mol. The molecule has 0 unspecified atom stereocenters. The molecule has 0 aliphatic carbocycles. The fourth-order valence-electron chi connectivity index (χ4n) is 2.47. The van der Waals surface area contributed by atoms with Crippen molar-refractivity contribution < 1.29 is 14.0 Å². The molecule has 0 spiro atoms. The molecule has 0 atom stereocenters. The Labute approximate surface area is 116 Å². The Morgan fingerprint density at radius 1 is 1.35 bits per heavy atom. The number of oxazole rings is 1. The summed E-state index contributed by atoms with van der Waals surface area (Å²) in [6.07, 6.45) is 1.10. The van der Waals surface area contributed by atoms with Crippen LogP contribution in [0.15, 0.2) is 22.6 Å². The number of Topliss-reactive ketones (excluding diaryl/α,β-unsaturated/α-hetero) is 2. The van der Waals surface area contributed by atoms with Gasteiger partial charge in [0.15, 0.2) is 17.3 Å². The SMILES string of the molecule is Cc1nc2cc(C(=O)CN3CCC(=O)CC3)ccc2o1. The first kappa shape index (κ1) is 13.0. The molecule has 5 nitrogen and oxygen atoms in total. The van der Waals surface area contributed by atoms with E-state index < -0.39 is 0 Å². The molecule has 1 aromatic heterocycles. The van der Waals surface area contributed by atoms with Crippen LogP contribution in [0.1, 0.15) is 29.1 Å². The molecule has 0 amide bonds. The fraction of sp³-hybridized carbons (Fsp3) is 0.400. The third-order valence-corrected chi connectivity index (χ3v) is 3.60. The molecule has 1 aromatic carbocycles. The van der Waals surface area contributed by atoms with Crippen molar-refractivity contribution in [2.45, 2.75) is 19.8 Å². The molecule has 3 rings (SSSR count). The molecule has 20 heavy (non-hydrogen) atoms. The lowest BCUT2D eigenvalue weighted by molar-refractivity contribution is -0.121. The summed E-state index contributed by atoms with van der Waals surface area (Å²) in [6, 6.07) is 5.32. The Balaban J connectivity index is 1.73. The van der Waals surface area contributed by atoms with Gasteiger partial charge in [0.2, 0.25) is 0 Å². The number of hydrogen-bond donors (Lipinski definition) is 0. The van der Waals surface area contributed by atoms with Crippen LogP contribution >= 0.6 is 0 Å². The van der Waals surface area contributed by atoms with Gasteiger partial charge in [0.05, 0.1) is 6.54 Å². The molecule has 2 aromatic rings. The lowest BCUT2D eigenvalue weighted by atomic mass is 10.1. The molecular formula is C15H16N2O3. The molecule has 1 saturated heterocycles. The van der Waals surface area contributed by atoms with E-state index in [1.165, 1.54) is 0 Å². The highest BCUT2D eigenvalue weighted by molar-refractivity contribution is 6.00. The van der Waals surface area contributed by atoms with E-state index in [9.17, 15) is 9.59 Å². The highest BCUT2D eigenvalue weighted by atomic mass is 16.3. The number of piperidine rings is 1. The summed E-state index contributed by atoms with van der Waals surface area (Å²) in [5.41, 5.74) is 2.05. The van der Waals surface area contributed by atoms with E-state index in [4.69, 9.17) is 4.42 Å². The third kappa shape index (κ3) is 2.63. The van der Waals surface area contributed by atoms with Gasteiger partial charge in [-0.1, -0.05) is 0 Å². The number of aromatic nitrogens is 1. The number of carbonyl (C=O) groups excluding carboxylic acids is 2. The normalized spacial score (nSPS) is 16.8. The van der Waals surface area contributed by atoms with Crippen LogP contribution in [0.5, 0.6) is 0 Å². The summed E-state index contributed by atoms with van der Waals surface area (Å²) in [5, 5.41) is 0. The van der Waals surface area contributed by atoms with Crippen molar-refractivity contribution in [3.8, 4) is 0 Å². The van der Waals surface area contributed by atoms with Crippen molar-refractivity contribution in [2.75, 3.05) is 19.6 Å². The maximum Gasteiger partial charge on any atom is 0.192 e. The zero-order valence-electron chi connectivity index (χ0n) is 11.4. The molecule has 0 saturated carbocycles. The van der Waals surface area contributed by atoms with Crippen molar-refractivity contribution in [1.82, 2.24) is 9.88 Å². The van der Waals surface area contributed by atoms with E-state index in [0.717, 1.165) is 0 Å². The van der Waals surface area contributed by atoms with Crippen molar-refractivity contribution in [3.63, 3.8) is 0 Å². The Morgan fingerprint density at radius 3 is 2.85 bits per heavy atom. The molecule has 2 heterocycles. The number of likely N-dealkylation sites (tertiary alicyclic amines) is 1. The topological polar surface area (TPSA) is 63.4 Å². The van der Waals surface area contributed by atoms with E-state index in [2.05, 4.69) is 4.98 Å². The smallest absolute Gasteiger partial charge is 0.192 e. The number of rotatable bonds is 3. The Morgan fingerprint density at radius 2 is 2.10 bits per heavy atom. The summed E-state index contributed by atoms with van der Waals surface area (Å²) < 4.78 is 5.39. The maximum atomic E-state index is 12.3. The molecule has 1 fully saturated rings. The lowest BCUT2D eigenvalue weighted by Crippen LogP contribution is -2.37. The van der Waals surface area contributed by atoms with E-state index in [1.54, 1.807) is 25.1 Å². The van der Waals surface area contributed by atoms with Crippen LogP contribution in [0, 0.1) is 6.92 Å². The number of fused-ring (bicyclic) bond motifs is 1. The van der Waals surface area contributed by atoms with Crippen molar-refractivity contribution in [3.05, 3.63) is 29.7 Å². The third-order valence-electron chi connectivity index (χ3n) is 3.60. The quantitative estimate of drug-likeness (QED) is 0.799. The Hall–Kier alpha value is -2.01. The summed E-state index contributed by atoms with van der Waals surface area (Å²) in [6.45, 7) is 3.49. The first-order chi connectivity index (χ1) is 9.61. The van der Waals surface area contributed by atoms with E-state index >= 15 is 0 Å². The number of benzene rings is 1. The summed E-state index contributed by atoms with van der Waals surface area (Å²) in [5.74, 6) is 0.939. The monoisotopic (exact) mass is 272 g/mol. The molecule has 1 aliphatic heterocycles. The minimum atomic E-state index is 0.0573. The minimum absolute atomic E-state index is 0.0573. The van der Waals surface area contributed by atoms with Crippen molar-refractivity contribution in [1.29, 1.82) is 0 Å². The van der Waals surface area contributed by atoms with Gasteiger partial charge in [0.1, 0.15) is 11.3 Å². The largest absolute Gasteiger partial charge is 0.441 e. The average molecular weight is 272 g/mol. The summed E-state index contributed by atoms with van der Waals surface area (Å²) in [7, 11) is 0. The lowest BCUT2D eigenvalue weighted by Gasteiger charge is -2.24. The van der Waals surface area contributed by atoms with Crippen LogP contribution in [0.3, 0.4) is 0 Å². The second-order valence-corrected chi connectivity index (χ2v) is 5.15. The Kier molecular flexibility index (Phi) is 3.36. The zero-order valence-corrected chi connectivity index (χ0v) is 11.4. The van der Waals surface area contributed by atoms with Crippen molar-refractivity contribution >= 4 is 22.7 Å². The molecule has 104 valence electrons. The molecule has 0 bridgehead atoms. The molecule has 5 heteroatoms. The van der Waals surface area contributed by atoms with Crippen LogP contribution in [-0.2, 0) is 4.79 Å². The first-order valence-electron chi connectivity index (χ1n) is 6.76. The highest BCUT2D eigenvalue weighted by Crippen LogP contribution is 2.17. The van der Waals surface area contributed by atoms with E-state index in [1.807, 2.05) is 4.90 Å². The average Bonchev–Trinajstić information content (AvgIpc) is 2.80. The summed E-state index contributed by atoms with van der Waals surface area (Å²) >= 11 is 0. The van der Waals surface area contributed by atoms with Crippen LogP contribution in [0.4, 0.5) is 0 Å². The van der Waals surface area contributed by atoms with Crippen LogP contribution in [0.25, 0.3) is 11.1 Å². The van der Waals surface area contributed by atoms with Gasteiger partial charge >= 0.3 is 0 Å². The number of hydrogen-bond acceptors (Lipinski definition) is 5. The van der Waals surface area contributed by atoms with Gasteiger partial charge in [-0.2, -0.15) is 0 Å². The second-order valence-electron chi connectivity index (χ2n) is 5.15. The molecule has 0 radical (unpaired) electrons. The van der Waals surface area contributed by atoms with Crippen LogP contribution in [0.2, 0.25) is 0 Å². The number of aryl methyl sites for hydroxylation is 1. The fourth-order valence-corrected chi connectivity index (χ4v) is 2.47. The van der Waals surface area contributed by atoms with Gasteiger partial charge in [0, 0.05) is 38.4 Å². The standard InChI is InChI=1S/C15H16N2O3/c1-10-16-13-8-11(2-3-15(13)20-10)14(19)9-17-6-4-12(18)5-7-17/h2-3,8H,4-7,9H2,1H3. The molecule has 0 N–H and O–H groups in total. The number of nitrogens with zero attached hydrogens (tertiary/aromatic N) is 2. The predicted octanol–water partition coefficient (Wildman–Crippen LogP) is 1.98. The summed E-state index contributed by atoms with van der Waals surface area (Å²) in [4.78, 5) is 29.7. The van der Waals surface area contributed by atoms with Gasteiger partial charge in [-0.15, -0.1) is 0 Å². The van der Waals surface area contributed by atoms with Gasteiger partial charge in [0.25, 0.3) is 0 Å². The number of carbonyl (C=O) groups is 2. The Bertz CT molecular complexity index is 665. The minimum Gasteiger partial charge on any atom is -0.441 e. The van der Waals surface area contributed by atoms with Crippen LogP contribution < -0.4 is 0 Å². The van der Waals surface area contributed by atoms with Crippen molar-refractivity contribution in [2.24, 2.45) is 0 Å². The predicted molar refractivity (Wildman–Crippen MR) is 73.8 cm³/mol. The van der Waals surface area contributed by atoms with Gasteiger partial charge < -0.3 is 4.42 Å². The van der Waals surface area contributed by atoms with E-state index in [-0.39, 0.29) is 11.6 Å². The second kappa shape index (κ2) is 5.17. The van der Waals surface area contributed by atoms with E-state index in [0.29, 0.717) is 55.0 Å². The van der Waals surface area contributed by atoms with Gasteiger partial charge in [-0.25, -0.2) is 4.98 Å². The first-order valence-corrected chi connectivity index (χ1v) is 6.76. The molecule has 1 aliphatic rings. The maximum absolute atomic E-state index is 12.3. The van der Waals surface area contributed by atoms with Crippen LogP contribution in [-0.4, -0.2) is 41.1 Å². The number of ketones is 2. The zero-order chi connectivity index (χ0) is 14.1. The van der Waals surface area contributed by atoms with Gasteiger partial charge in [-0.3, -0.25) is 14.5 Å². The highest BCUT2D eigenvalue weighted by Gasteiger charge is 2.19.